The van der Waals surface area contributed by atoms with Gasteiger partial charge in [-0.1, -0.05) is 17.3 Å². The average molecular weight is 424 g/mol. The summed E-state index contributed by atoms with van der Waals surface area (Å²) in [6, 6.07) is 7.24. The maximum atomic E-state index is 12.8. The molecule has 0 radical (unpaired) electrons. The number of nitrogens with zero attached hydrogens (tertiary/aromatic N) is 3. The Kier molecular flexibility index (Phi) is 5.80. The van der Waals surface area contributed by atoms with Crippen molar-refractivity contribution in [3.8, 4) is 17.0 Å². The summed E-state index contributed by atoms with van der Waals surface area (Å²) in [4.78, 5) is 24.6. The number of thiophene rings is 1. The fourth-order valence-corrected chi connectivity index (χ4v) is 4.41. The average Bonchev–Trinajstić information content (AvgIpc) is 3.37. The lowest BCUT2D eigenvalue weighted by Crippen LogP contribution is -2.36. The van der Waals surface area contributed by atoms with Crippen LogP contribution in [0.2, 0.25) is 5.82 Å². The number of rotatable bonds is 7. The zero-order valence-electron chi connectivity index (χ0n) is 16.4. The van der Waals surface area contributed by atoms with Gasteiger partial charge in [-0.15, -0.1) is 5.10 Å². The molecule has 0 saturated carbocycles. The van der Waals surface area contributed by atoms with Crippen molar-refractivity contribution >= 4 is 30.0 Å². The Morgan fingerprint density at radius 2 is 2.23 bits per heavy atom. The Labute approximate surface area is 177 Å². The third-order valence-corrected chi connectivity index (χ3v) is 5.89. The van der Waals surface area contributed by atoms with Crippen LogP contribution in [0, 0.1) is 0 Å². The van der Waals surface area contributed by atoms with Gasteiger partial charge in [0.1, 0.15) is 18.0 Å². The van der Waals surface area contributed by atoms with Crippen molar-refractivity contribution < 1.29 is 19.3 Å². The number of para-hydroxylation sites is 1. The highest BCUT2D eigenvalue weighted by atomic mass is 32.1. The molecule has 1 aliphatic heterocycles. The van der Waals surface area contributed by atoms with Crippen molar-refractivity contribution in [2.75, 3.05) is 0 Å². The number of Topliss-reactive ketones (excluding diaryl/α,β-unsaturated/α-hetero) is 2. The zero-order valence-corrected chi connectivity index (χ0v) is 17.3. The Morgan fingerprint density at radius 1 is 1.40 bits per heavy atom. The van der Waals surface area contributed by atoms with Gasteiger partial charge < -0.3 is 15.4 Å². The number of nitrogens with two attached hydrogens (primary N) is 1. The molecule has 0 aliphatic carbocycles. The third-order valence-electron chi connectivity index (χ3n) is 5.21. The molecule has 1 atom stereocenters. The maximum Gasteiger partial charge on any atom is 0.526 e. The molecule has 0 unspecified atom stereocenters. The summed E-state index contributed by atoms with van der Waals surface area (Å²) < 4.78 is 7.18. The first-order chi connectivity index (χ1) is 14.5. The minimum absolute atomic E-state index is 0.0295. The molecule has 3 heterocycles. The first kappa shape index (κ1) is 20.5. The van der Waals surface area contributed by atoms with Gasteiger partial charge in [-0.3, -0.25) is 9.59 Å². The number of benzene rings is 1. The Hall–Kier alpha value is -2.82. The second-order valence-electron chi connectivity index (χ2n) is 7.32. The summed E-state index contributed by atoms with van der Waals surface area (Å²) in [5.74, 6) is -0.227. The third kappa shape index (κ3) is 3.93. The number of carbonyl (C=O) groups excluding carboxylic acids is 2. The zero-order chi connectivity index (χ0) is 21.3. The van der Waals surface area contributed by atoms with E-state index in [2.05, 4.69) is 10.3 Å². The lowest BCUT2D eigenvalue weighted by molar-refractivity contribution is -0.120. The van der Waals surface area contributed by atoms with Crippen molar-refractivity contribution in [2.24, 2.45) is 5.73 Å². The van der Waals surface area contributed by atoms with Crippen LogP contribution in [0.25, 0.3) is 11.3 Å². The fraction of sp³-hybridized carbons (Fsp3) is 0.300. The van der Waals surface area contributed by atoms with Crippen LogP contribution in [0.3, 0.4) is 0 Å². The molecule has 3 aromatic rings. The number of aromatic nitrogens is 3. The second-order valence-corrected chi connectivity index (χ2v) is 8.10. The molecule has 0 fully saturated rings. The molecule has 30 heavy (non-hydrogen) atoms. The first-order valence-electron chi connectivity index (χ1n) is 9.62. The van der Waals surface area contributed by atoms with Crippen LogP contribution in [-0.4, -0.2) is 38.7 Å². The normalized spacial score (nSPS) is 15.6. The largest absolute Gasteiger partial charge is 0.535 e. The highest BCUT2D eigenvalue weighted by molar-refractivity contribution is 7.08. The van der Waals surface area contributed by atoms with E-state index in [0.29, 0.717) is 23.4 Å². The molecule has 1 aromatic carbocycles. The molecule has 10 heteroatoms. The van der Waals surface area contributed by atoms with E-state index >= 15 is 0 Å². The van der Waals surface area contributed by atoms with Crippen LogP contribution in [0.1, 0.15) is 35.0 Å². The quantitative estimate of drug-likeness (QED) is 0.440. The van der Waals surface area contributed by atoms with E-state index in [1.165, 1.54) is 6.92 Å². The van der Waals surface area contributed by atoms with Crippen molar-refractivity contribution in [3.05, 3.63) is 51.8 Å². The molecule has 8 nitrogen and oxygen atoms in total. The minimum atomic E-state index is -1.16. The molecule has 0 spiro atoms. The summed E-state index contributed by atoms with van der Waals surface area (Å²) in [7, 11) is -1.16. The predicted octanol–water partition coefficient (Wildman–Crippen LogP) is 2.11. The highest BCUT2D eigenvalue weighted by Crippen LogP contribution is 2.36. The van der Waals surface area contributed by atoms with Gasteiger partial charge >= 0.3 is 7.12 Å². The number of carbonyl (C=O) groups is 2. The standard InChI is InChI=1S/C20H21BN4O4S/c1-12(26)17-4-2-3-13-7-15(21(28)29-20(13)17)8-16(27)10-25-19(14-5-6-30-11-14)18(9-22)23-24-25/h2-6,11,15,28H,7-10,22H2,1H3/t15-/m1/s1. The van der Waals surface area contributed by atoms with Crippen LogP contribution < -0.4 is 10.4 Å². The summed E-state index contributed by atoms with van der Waals surface area (Å²) in [6.07, 6.45) is 0.567. The van der Waals surface area contributed by atoms with Gasteiger partial charge in [0.2, 0.25) is 0 Å². The van der Waals surface area contributed by atoms with Gasteiger partial charge in [0.25, 0.3) is 0 Å². The van der Waals surface area contributed by atoms with Gasteiger partial charge in [-0.05, 0) is 36.4 Å². The Bertz CT molecular complexity index is 1080. The van der Waals surface area contributed by atoms with E-state index in [-0.39, 0.29) is 31.1 Å². The molecule has 0 bridgehead atoms. The summed E-state index contributed by atoms with van der Waals surface area (Å²) in [6.45, 7) is 1.71. The fourth-order valence-electron chi connectivity index (χ4n) is 3.77. The number of ketones is 2. The van der Waals surface area contributed by atoms with Crippen LogP contribution in [-0.2, 0) is 24.3 Å². The van der Waals surface area contributed by atoms with E-state index in [9.17, 15) is 14.6 Å². The van der Waals surface area contributed by atoms with Crippen molar-refractivity contribution in [1.82, 2.24) is 15.0 Å². The van der Waals surface area contributed by atoms with Gasteiger partial charge in [0.05, 0.1) is 11.3 Å². The summed E-state index contributed by atoms with van der Waals surface area (Å²) in [5.41, 5.74) is 9.32. The van der Waals surface area contributed by atoms with E-state index in [4.69, 9.17) is 10.4 Å². The molecule has 4 rings (SSSR count). The number of hydrogen-bond acceptors (Lipinski definition) is 8. The van der Waals surface area contributed by atoms with Crippen LogP contribution >= 0.6 is 11.3 Å². The molecule has 1 aliphatic rings. The monoisotopic (exact) mass is 424 g/mol. The Morgan fingerprint density at radius 3 is 2.93 bits per heavy atom. The lowest BCUT2D eigenvalue weighted by Gasteiger charge is -2.28. The van der Waals surface area contributed by atoms with Crippen molar-refractivity contribution in [2.45, 2.75) is 38.7 Å². The first-order valence-corrected chi connectivity index (χ1v) is 10.6. The molecular formula is C20H21BN4O4S. The topological polar surface area (TPSA) is 120 Å². The predicted molar refractivity (Wildman–Crippen MR) is 113 cm³/mol. The summed E-state index contributed by atoms with van der Waals surface area (Å²) in [5, 5.41) is 22.5. The smallest absolute Gasteiger partial charge is 0.526 e. The SMILES string of the molecule is CC(=O)c1cccc2c1OB(O)[C@@H](CC(=O)Cn1nnc(CN)c1-c1ccsc1)C2. The van der Waals surface area contributed by atoms with Gasteiger partial charge in [0, 0.05) is 29.7 Å². The van der Waals surface area contributed by atoms with Gasteiger partial charge in [-0.2, -0.15) is 11.3 Å². The van der Waals surface area contributed by atoms with Crippen LogP contribution in [0.4, 0.5) is 0 Å². The molecular weight excluding hydrogens is 403 g/mol. The van der Waals surface area contributed by atoms with E-state index in [0.717, 1.165) is 16.8 Å². The van der Waals surface area contributed by atoms with Gasteiger partial charge in [-0.25, -0.2) is 4.68 Å². The Balaban J connectivity index is 1.50. The molecule has 154 valence electrons. The molecule has 2 aromatic heterocycles. The highest BCUT2D eigenvalue weighted by Gasteiger charge is 2.37. The number of hydrogen-bond donors (Lipinski definition) is 2. The second kappa shape index (κ2) is 8.51. The lowest BCUT2D eigenvalue weighted by atomic mass is 9.64. The van der Waals surface area contributed by atoms with Crippen molar-refractivity contribution in [3.63, 3.8) is 0 Å². The molecule has 0 amide bonds. The van der Waals surface area contributed by atoms with Crippen LogP contribution in [0.5, 0.6) is 5.75 Å². The minimum Gasteiger partial charge on any atom is -0.535 e. The van der Waals surface area contributed by atoms with E-state index in [1.807, 2.05) is 22.9 Å². The van der Waals surface area contributed by atoms with Crippen LogP contribution in [0.15, 0.2) is 35.0 Å². The maximum absolute atomic E-state index is 12.8. The summed E-state index contributed by atoms with van der Waals surface area (Å²) >= 11 is 1.54. The van der Waals surface area contributed by atoms with Gasteiger partial charge in [0.15, 0.2) is 11.6 Å². The number of fused-ring (bicyclic) bond motifs is 1. The van der Waals surface area contributed by atoms with E-state index < -0.39 is 12.9 Å². The molecule has 0 saturated heterocycles. The van der Waals surface area contributed by atoms with Crippen molar-refractivity contribution in [1.29, 1.82) is 0 Å². The molecule has 3 N–H and O–H groups in total. The van der Waals surface area contributed by atoms with E-state index in [1.54, 1.807) is 28.2 Å².